The van der Waals surface area contributed by atoms with Gasteiger partial charge in [-0.3, -0.25) is 0 Å². The molecule has 3 aliphatic rings. The fourth-order valence-corrected chi connectivity index (χ4v) is 6.33. The lowest BCUT2D eigenvalue weighted by Crippen LogP contribution is -2.42. The average Bonchev–Trinajstić information content (AvgIpc) is 2.63. The van der Waals surface area contributed by atoms with Crippen molar-refractivity contribution in [2.45, 2.75) is 110 Å². The third kappa shape index (κ3) is 4.77. The van der Waals surface area contributed by atoms with E-state index in [9.17, 15) is 0 Å². The second-order valence-electron chi connectivity index (χ2n) is 9.23. The van der Waals surface area contributed by atoms with Gasteiger partial charge in [0, 0.05) is 6.61 Å². The summed E-state index contributed by atoms with van der Waals surface area (Å²) in [6, 6.07) is 0. The lowest BCUT2D eigenvalue weighted by Gasteiger charge is -2.50. The highest BCUT2D eigenvalue weighted by Gasteiger charge is 2.44. The summed E-state index contributed by atoms with van der Waals surface area (Å²) in [4.78, 5) is 0. The first-order valence-electron chi connectivity index (χ1n) is 11.4. The minimum Gasteiger partial charge on any atom is -0.378 e. The van der Waals surface area contributed by atoms with Gasteiger partial charge in [0.2, 0.25) is 0 Å². The summed E-state index contributed by atoms with van der Waals surface area (Å²) in [7, 11) is 0. The highest BCUT2D eigenvalue weighted by atomic mass is 16.5. The van der Waals surface area contributed by atoms with Crippen molar-refractivity contribution in [3.05, 3.63) is 0 Å². The van der Waals surface area contributed by atoms with Crippen molar-refractivity contribution in [3.63, 3.8) is 0 Å². The molecule has 1 nitrogen and oxygen atoms in total. The van der Waals surface area contributed by atoms with Gasteiger partial charge in [0.15, 0.2) is 0 Å². The van der Waals surface area contributed by atoms with Crippen molar-refractivity contribution >= 4 is 0 Å². The summed E-state index contributed by atoms with van der Waals surface area (Å²) in [6.07, 6.45) is 20.7. The van der Waals surface area contributed by atoms with Crippen LogP contribution in [0.15, 0.2) is 0 Å². The van der Waals surface area contributed by atoms with Crippen LogP contribution in [0.3, 0.4) is 0 Å². The monoisotopic (exact) mass is 334 g/mol. The molecular weight excluding hydrogens is 292 g/mol. The van der Waals surface area contributed by atoms with Gasteiger partial charge in [-0.1, -0.05) is 52.4 Å². The van der Waals surface area contributed by atoms with Crippen molar-refractivity contribution in [2.24, 2.45) is 29.6 Å². The molecule has 24 heavy (non-hydrogen) atoms. The van der Waals surface area contributed by atoms with E-state index in [2.05, 4.69) is 13.8 Å². The molecule has 0 bridgehead atoms. The molecule has 0 amide bonds. The fraction of sp³-hybridized carbons (Fsp3) is 1.00. The van der Waals surface area contributed by atoms with E-state index in [1.165, 1.54) is 77.0 Å². The van der Waals surface area contributed by atoms with Crippen LogP contribution in [0, 0.1) is 29.6 Å². The lowest BCUT2D eigenvalue weighted by atomic mass is 9.56. The average molecular weight is 335 g/mol. The number of fused-ring (bicyclic) bond motifs is 3. The minimum atomic E-state index is 0.598. The second-order valence-corrected chi connectivity index (χ2v) is 9.23. The van der Waals surface area contributed by atoms with E-state index < -0.39 is 0 Å². The van der Waals surface area contributed by atoms with Crippen LogP contribution < -0.4 is 0 Å². The molecule has 3 saturated carbocycles. The van der Waals surface area contributed by atoms with Crippen LogP contribution in [0.5, 0.6) is 0 Å². The Bertz CT molecular complexity index is 352. The van der Waals surface area contributed by atoms with Gasteiger partial charge in [-0.25, -0.2) is 0 Å². The molecule has 0 saturated heterocycles. The zero-order valence-corrected chi connectivity index (χ0v) is 16.5. The van der Waals surface area contributed by atoms with Crippen LogP contribution in [-0.2, 0) is 4.74 Å². The van der Waals surface area contributed by atoms with Gasteiger partial charge in [0.1, 0.15) is 0 Å². The van der Waals surface area contributed by atoms with Gasteiger partial charge in [-0.05, 0) is 81.0 Å². The molecule has 0 spiro atoms. The summed E-state index contributed by atoms with van der Waals surface area (Å²) in [6.45, 7) is 5.72. The standard InChI is InChI=1S/C23H42O/c1-3-5-6-7-8-15-24-21-12-14-23-20(17-21)11-10-19-16-18(4-2)9-13-22(19)23/h18-23H,3-17H2,1-2H3/t18-,19?,20?,21-,22?,23?/m1/s1. The van der Waals surface area contributed by atoms with E-state index >= 15 is 0 Å². The van der Waals surface area contributed by atoms with Gasteiger partial charge in [0.25, 0.3) is 0 Å². The third-order valence-electron chi connectivity index (χ3n) is 7.78. The zero-order valence-electron chi connectivity index (χ0n) is 16.5. The van der Waals surface area contributed by atoms with Gasteiger partial charge >= 0.3 is 0 Å². The molecule has 3 fully saturated rings. The van der Waals surface area contributed by atoms with Crippen LogP contribution in [0.2, 0.25) is 0 Å². The second kappa shape index (κ2) is 9.60. The maximum atomic E-state index is 6.28. The molecule has 0 N–H and O–H groups in total. The Labute approximate surface area is 151 Å². The first-order chi connectivity index (χ1) is 11.8. The Morgan fingerprint density at radius 1 is 0.708 bits per heavy atom. The summed E-state index contributed by atoms with van der Waals surface area (Å²) >= 11 is 0. The summed E-state index contributed by atoms with van der Waals surface area (Å²) in [5.74, 6) is 5.28. The summed E-state index contributed by atoms with van der Waals surface area (Å²) < 4.78 is 6.28. The number of hydrogen-bond donors (Lipinski definition) is 0. The molecule has 0 heterocycles. The highest BCUT2D eigenvalue weighted by Crippen LogP contribution is 2.53. The van der Waals surface area contributed by atoms with Gasteiger partial charge in [-0.15, -0.1) is 0 Å². The predicted octanol–water partition coefficient (Wildman–Crippen LogP) is 6.99. The molecule has 1 heteroatoms. The molecule has 0 aromatic carbocycles. The molecule has 0 aromatic heterocycles. The molecule has 3 aliphatic carbocycles. The Balaban J connectivity index is 1.38. The van der Waals surface area contributed by atoms with Crippen molar-refractivity contribution in [3.8, 4) is 0 Å². The lowest BCUT2D eigenvalue weighted by molar-refractivity contribution is -0.0536. The van der Waals surface area contributed by atoms with E-state index in [1.54, 1.807) is 12.8 Å². The molecule has 140 valence electrons. The van der Waals surface area contributed by atoms with E-state index in [4.69, 9.17) is 4.74 Å². The van der Waals surface area contributed by atoms with E-state index in [0.717, 1.165) is 36.2 Å². The normalized spacial score (nSPS) is 39.2. The topological polar surface area (TPSA) is 9.23 Å². The minimum absolute atomic E-state index is 0.598. The third-order valence-corrected chi connectivity index (χ3v) is 7.78. The predicted molar refractivity (Wildman–Crippen MR) is 103 cm³/mol. The molecule has 0 aliphatic heterocycles. The molecule has 3 rings (SSSR count). The Kier molecular flexibility index (Phi) is 7.50. The number of hydrogen-bond acceptors (Lipinski definition) is 1. The SMILES string of the molecule is CCCCCCCO[C@@H]1CCC2C(CCC3C[C@H](CC)CCC32)C1. The maximum Gasteiger partial charge on any atom is 0.0578 e. The Morgan fingerprint density at radius 3 is 2.17 bits per heavy atom. The van der Waals surface area contributed by atoms with Crippen molar-refractivity contribution in [1.82, 2.24) is 0 Å². The van der Waals surface area contributed by atoms with E-state index in [0.29, 0.717) is 6.10 Å². The first kappa shape index (κ1) is 18.7. The quantitative estimate of drug-likeness (QED) is 0.434. The molecular formula is C23H42O. The summed E-state index contributed by atoms with van der Waals surface area (Å²) in [5.41, 5.74) is 0. The van der Waals surface area contributed by atoms with Crippen molar-refractivity contribution in [1.29, 1.82) is 0 Å². The van der Waals surface area contributed by atoms with Crippen molar-refractivity contribution in [2.75, 3.05) is 6.61 Å². The zero-order chi connectivity index (χ0) is 16.8. The maximum absolute atomic E-state index is 6.28. The molecule has 0 aromatic rings. The van der Waals surface area contributed by atoms with Gasteiger partial charge in [0.05, 0.1) is 6.10 Å². The smallest absolute Gasteiger partial charge is 0.0578 e. The number of rotatable bonds is 8. The summed E-state index contributed by atoms with van der Waals surface area (Å²) in [5, 5.41) is 0. The van der Waals surface area contributed by atoms with Gasteiger partial charge < -0.3 is 4.74 Å². The van der Waals surface area contributed by atoms with Gasteiger partial charge in [-0.2, -0.15) is 0 Å². The first-order valence-corrected chi connectivity index (χ1v) is 11.4. The Hall–Kier alpha value is -0.0400. The molecule has 6 atom stereocenters. The van der Waals surface area contributed by atoms with Crippen LogP contribution in [0.1, 0.15) is 104 Å². The Morgan fingerprint density at radius 2 is 1.42 bits per heavy atom. The van der Waals surface area contributed by atoms with E-state index in [-0.39, 0.29) is 0 Å². The van der Waals surface area contributed by atoms with Crippen LogP contribution in [0.25, 0.3) is 0 Å². The number of ether oxygens (including phenoxy) is 1. The fourth-order valence-electron chi connectivity index (χ4n) is 6.33. The van der Waals surface area contributed by atoms with Crippen LogP contribution in [-0.4, -0.2) is 12.7 Å². The van der Waals surface area contributed by atoms with Crippen LogP contribution >= 0.6 is 0 Å². The molecule has 4 unspecified atom stereocenters. The molecule has 0 radical (unpaired) electrons. The van der Waals surface area contributed by atoms with Crippen molar-refractivity contribution < 1.29 is 4.74 Å². The van der Waals surface area contributed by atoms with Crippen LogP contribution in [0.4, 0.5) is 0 Å². The number of unbranched alkanes of at least 4 members (excludes halogenated alkanes) is 4. The largest absolute Gasteiger partial charge is 0.378 e. The highest BCUT2D eigenvalue weighted by molar-refractivity contribution is 4.94. The van der Waals surface area contributed by atoms with E-state index in [1.807, 2.05) is 0 Å².